The van der Waals surface area contributed by atoms with E-state index in [4.69, 9.17) is 14.2 Å². The van der Waals surface area contributed by atoms with E-state index in [0.717, 1.165) is 5.56 Å². The summed E-state index contributed by atoms with van der Waals surface area (Å²) in [5.74, 6) is 1.34. The summed E-state index contributed by atoms with van der Waals surface area (Å²) in [7, 11) is -1.11. The van der Waals surface area contributed by atoms with Gasteiger partial charge >= 0.3 is 0 Å². The number of benzene rings is 4. The van der Waals surface area contributed by atoms with Gasteiger partial charge in [-0.05, 0) is 48.9 Å². The van der Waals surface area contributed by atoms with Crippen molar-refractivity contribution in [2.45, 2.75) is 11.8 Å². The molecule has 0 fully saturated rings. The van der Waals surface area contributed by atoms with E-state index in [2.05, 4.69) is 25.3 Å². The number of para-hydroxylation sites is 3. The van der Waals surface area contributed by atoms with E-state index in [9.17, 15) is 13.2 Å². The van der Waals surface area contributed by atoms with E-state index in [-0.39, 0.29) is 28.8 Å². The van der Waals surface area contributed by atoms with Gasteiger partial charge in [0.1, 0.15) is 17.2 Å². The van der Waals surface area contributed by atoms with Crippen LogP contribution in [0.5, 0.6) is 17.2 Å². The molecular weight excluding hydrogens is 570 g/mol. The highest BCUT2D eigenvalue weighted by Gasteiger charge is 2.20. The van der Waals surface area contributed by atoms with E-state index >= 15 is 0 Å². The largest absolute Gasteiger partial charge is 0.497 e. The van der Waals surface area contributed by atoms with Gasteiger partial charge in [0.15, 0.2) is 18.2 Å². The normalized spacial score (nSPS) is 11.0. The maximum Gasteiger partial charge on any atom is 0.263 e. The number of methoxy groups -OCH3 is 2. The van der Waals surface area contributed by atoms with Crippen LogP contribution >= 0.6 is 0 Å². The van der Waals surface area contributed by atoms with Crippen molar-refractivity contribution in [2.24, 2.45) is 0 Å². The minimum absolute atomic E-state index is 0.0263. The number of rotatable bonds is 11. The molecule has 1 amide bonds. The number of amides is 1. The van der Waals surface area contributed by atoms with E-state index in [1.165, 1.54) is 32.4 Å². The number of hydrogen-bond acceptors (Lipinski definition) is 9. The van der Waals surface area contributed by atoms with Gasteiger partial charge in [-0.3, -0.25) is 9.52 Å². The van der Waals surface area contributed by atoms with Crippen molar-refractivity contribution >= 4 is 50.0 Å². The highest BCUT2D eigenvalue weighted by atomic mass is 32.2. The second kappa shape index (κ2) is 12.7. The number of nitrogens with one attached hydrogen (secondary N) is 3. The van der Waals surface area contributed by atoms with Crippen LogP contribution in [-0.2, 0) is 14.8 Å². The Kier molecular flexibility index (Phi) is 8.58. The number of fused-ring (bicyclic) bond motifs is 1. The van der Waals surface area contributed by atoms with Gasteiger partial charge in [0, 0.05) is 29.6 Å². The van der Waals surface area contributed by atoms with Crippen LogP contribution in [0.3, 0.4) is 0 Å². The predicted molar refractivity (Wildman–Crippen MR) is 165 cm³/mol. The standard InChI is InChI=1S/C31H29N5O6S/c1-20-9-4-7-14-28(20)42-19-29(37)32-21-10-8-11-25(17-21)43(38,39)36-31-30(34-26-12-5-6-13-27(26)35-31)33-22-15-23(40-2)18-24(16-22)41-3/h4-18H,19H2,1-3H3,(H,32,37)(H,33,34)(H,35,36). The number of carbonyl (C=O) groups is 1. The van der Waals surface area contributed by atoms with Crippen LogP contribution in [0.25, 0.3) is 11.0 Å². The van der Waals surface area contributed by atoms with Gasteiger partial charge in [-0.15, -0.1) is 0 Å². The first-order chi connectivity index (χ1) is 20.7. The first-order valence-electron chi connectivity index (χ1n) is 13.1. The summed E-state index contributed by atoms with van der Waals surface area (Å²) < 4.78 is 45.9. The molecule has 0 aliphatic heterocycles. The molecule has 43 heavy (non-hydrogen) atoms. The highest BCUT2D eigenvalue weighted by molar-refractivity contribution is 7.92. The summed E-state index contributed by atoms with van der Waals surface area (Å²) >= 11 is 0. The lowest BCUT2D eigenvalue weighted by Gasteiger charge is -2.15. The second-order valence-electron chi connectivity index (χ2n) is 9.37. The minimum atomic E-state index is -4.17. The first kappa shape index (κ1) is 29.1. The fraction of sp³-hybridized carbons (Fsp3) is 0.129. The van der Waals surface area contributed by atoms with Crippen molar-refractivity contribution in [2.75, 3.05) is 36.2 Å². The van der Waals surface area contributed by atoms with Crippen LogP contribution < -0.4 is 29.6 Å². The SMILES string of the molecule is COc1cc(Nc2nc3ccccc3nc2NS(=O)(=O)c2cccc(NC(=O)COc3ccccc3C)c2)cc(OC)c1. The summed E-state index contributed by atoms with van der Waals surface area (Å²) in [5, 5.41) is 5.80. The minimum Gasteiger partial charge on any atom is -0.497 e. The van der Waals surface area contributed by atoms with Gasteiger partial charge in [-0.25, -0.2) is 18.4 Å². The summed E-state index contributed by atoms with van der Waals surface area (Å²) in [6.45, 7) is 1.64. The average molecular weight is 600 g/mol. The number of carbonyl (C=O) groups excluding carboxylic acids is 1. The molecule has 5 aromatic rings. The maximum atomic E-state index is 13.5. The van der Waals surface area contributed by atoms with Crippen molar-refractivity contribution in [3.8, 4) is 17.2 Å². The summed E-state index contributed by atoms with van der Waals surface area (Å²) in [5.41, 5.74) is 2.77. The molecule has 1 aromatic heterocycles. The molecule has 0 aliphatic carbocycles. The van der Waals surface area contributed by atoms with E-state index < -0.39 is 15.9 Å². The lowest BCUT2D eigenvalue weighted by molar-refractivity contribution is -0.118. The van der Waals surface area contributed by atoms with Gasteiger partial charge in [-0.1, -0.05) is 36.4 Å². The number of ether oxygens (including phenoxy) is 3. The number of aryl methyl sites for hydroxylation is 1. The number of sulfonamides is 1. The molecule has 0 radical (unpaired) electrons. The maximum absolute atomic E-state index is 13.5. The fourth-order valence-electron chi connectivity index (χ4n) is 4.16. The van der Waals surface area contributed by atoms with Gasteiger partial charge < -0.3 is 24.8 Å². The van der Waals surface area contributed by atoms with Crippen LogP contribution in [0.2, 0.25) is 0 Å². The number of anilines is 4. The Balaban J connectivity index is 1.39. The first-order valence-corrected chi connectivity index (χ1v) is 14.6. The summed E-state index contributed by atoms with van der Waals surface area (Å²) in [4.78, 5) is 21.6. The molecule has 0 unspecified atom stereocenters. The van der Waals surface area contributed by atoms with Gasteiger partial charge in [0.2, 0.25) is 0 Å². The third kappa shape index (κ3) is 7.11. The molecule has 5 rings (SSSR count). The fourth-order valence-corrected chi connectivity index (χ4v) is 5.22. The molecule has 0 aliphatic rings. The zero-order valence-corrected chi connectivity index (χ0v) is 24.4. The highest BCUT2D eigenvalue weighted by Crippen LogP contribution is 2.31. The third-order valence-electron chi connectivity index (χ3n) is 6.30. The number of aromatic nitrogens is 2. The smallest absolute Gasteiger partial charge is 0.263 e. The Bertz CT molecular complexity index is 1880. The van der Waals surface area contributed by atoms with Crippen LogP contribution in [0.4, 0.5) is 23.0 Å². The predicted octanol–water partition coefficient (Wildman–Crippen LogP) is 5.52. The lowest BCUT2D eigenvalue weighted by Crippen LogP contribution is -2.21. The lowest BCUT2D eigenvalue weighted by atomic mass is 10.2. The Morgan fingerprint density at radius 3 is 2.09 bits per heavy atom. The van der Waals surface area contributed by atoms with Gasteiger partial charge in [0.25, 0.3) is 15.9 Å². The molecule has 220 valence electrons. The Hall–Kier alpha value is -5.36. The molecule has 12 heteroatoms. The van der Waals surface area contributed by atoms with E-state index in [1.54, 1.807) is 48.5 Å². The molecule has 3 N–H and O–H groups in total. The van der Waals surface area contributed by atoms with Crippen molar-refractivity contribution in [3.05, 3.63) is 96.6 Å². The van der Waals surface area contributed by atoms with E-state index in [0.29, 0.717) is 34.0 Å². The topological polar surface area (TPSA) is 141 Å². The summed E-state index contributed by atoms with van der Waals surface area (Å²) in [6, 6.07) is 25.4. The molecule has 0 bridgehead atoms. The molecule has 0 atom stereocenters. The van der Waals surface area contributed by atoms with Crippen LogP contribution in [-0.4, -0.2) is 45.1 Å². The van der Waals surface area contributed by atoms with Gasteiger partial charge in [-0.2, -0.15) is 0 Å². The molecule has 0 spiro atoms. The summed E-state index contributed by atoms with van der Waals surface area (Å²) in [6.07, 6.45) is 0. The van der Waals surface area contributed by atoms with Crippen LogP contribution in [0, 0.1) is 6.92 Å². The van der Waals surface area contributed by atoms with Gasteiger partial charge in [0.05, 0.1) is 30.1 Å². The molecule has 0 saturated heterocycles. The van der Waals surface area contributed by atoms with Crippen molar-refractivity contribution < 1.29 is 27.4 Å². The molecule has 0 saturated carbocycles. The quantitative estimate of drug-likeness (QED) is 0.179. The van der Waals surface area contributed by atoms with Crippen LogP contribution in [0.1, 0.15) is 5.56 Å². The number of hydrogen-bond donors (Lipinski definition) is 3. The molecule has 11 nitrogen and oxygen atoms in total. The van der Waals surface area contributed by atoms with Crippen molar-refractivity contribution in [1.29, 1.82) is 0 Å². The average Bonchev–Trinajstić information content (AvgIpc) is 3.00. The van der Waals surface area contributed by atoms with E-state index in [1.807, 2.05) is 31.2 Å². The van der Waals surface area contributed by atoms with Crippen LogP contribution in [0.15, 0.2) is 95.9 Å². The molecule has 4 aromatic carbocycles. The van der Waals surface area contributed by atoms with Crippen molar-refractivity contribution in [1.82, 2.24) is 9.97 Å². The zero-order valence-electron chi connectivity index (χ0n) is 23.6. The third-order valence-corrected chi connectivity index (χ3v) is 7.63. The molecule has 1 heterocycles. The molecular formula is C31H29N5O6S. The number of nitrogens with zero attached hydrogens (tertiary/aromatic N) is 2. The Morgan fingerprint density at radius 2 is 1.42 bits per heavy atom. The Morgan fingerprint density at radius 1 is 0.767 bits per heavy atom. The van der Waals surface area contributed by atoms with Crippen molar-refractivity contribution in [3.63, 3.8) is 0 Å². The second-order valence-corrected chi connectivity index (χ2v) is 11.1. The monoisotopic (exact) mass is 599 g/mol. The Labute approximate surface area is 248 Å². The zero-order chi connectivity index (χ0) is 30.4.